The number of nitrogens with zero attached hydrogens (tertiary/aromatic N) is 6. The normalized spacial score (nSPS) is 15.0. The first-order valence-corrected chi connectivity index (χ1v) is 10.1. The van der Waals surface area contributed by atoms with Crippen molar-refractivity contribution in [2.24, 2.45) is 5.92 Å². The first-order valence-electron chi connectivity index (χ1n) is 10.1. The Morgan fingerprint density at radius 1 is 1.07 bits per heavy atom. The molecule has 152 valence electrons. The van der Waals surface area contributed by atoms with Crippen molar-refractivity contribution in [1.29, 1.82) is 0 Å². The number of carbonyl (C=O) groups is 1. The highest BCUT2D eigenvalue weighted by molar-refractivity contribution is 5.95. The zero-order valence-electron chi connectivity index (χ0n) is 16.5. The predicted octanol–water partition coefficient (Wildman–Crippen LogP) is 2.23. The molecular weight excluding hydrogens is 380 g/mol. The highest BCUT2D eigenvalue weighted by atomic mass is 16.2. The third-order valence-corrected chi connectivity index (χ3v) is 5.68. The maximum atomic E-state index is 12.9. The third-order valence-electron chi connectivity index (χ3n) is 5.68. The van der Waals surface area contributed by atoms with Crippen molar-refractivity contribution in [3.8, 4) is 5.82 Å². The fourth-order valence-electron chi connectivity index (χ4n) is 4.01. The van der Waals surface area contributed by atoms with Crippen LogP contribution in [0, 0.1) is 5.92 Å². The van der Waals surface area contributed by atoms with Crippen LogP contribution in [0.2, 0.25) is 0 Å². The van der Waals surface area contributed by atoms with Crippen LogP contribution in [0.25, 0.3) is 11.3 Å². The predicted molar refractivity (Wildman–Crippen MR) is 112 cm³/mol. The summed E-state index contributed by atoms with van der Waals surface area (Å²) in [6, 6.07) is 12.9. The van der Waals surface area contributed by atoms with Gasteiger partial charge >= 0.3 is 0 Å². The molecule has 0 atom stereocenters. The maximum Gasteiger partial charge on any atom is 0.266 e. The summed E-state index contributed by atoms with van der Waals surface area (Å²) in [7, 11) is 0. The van der Waals surface area contributed by atoms with Crippen molar-refractivity contribution in [3.63, 3.8) is 0 Å². The molecule has 5 heterocycles. The van der Waals surface area contributed by atoms with Crippen molar-refractivity contribution in [2.75, 3.05) is 13.1 Å². The van der Waals surface area contributed by atoms with Gasteiger partial charge in [-0.2, -0.15) is 5.10 Å². The summed E-state index contributed by atoms with van der Waals surface area (Å²) in [5, 5.41) is 8.63. The Morgan fingerprint density at radius 2 is 1.93 bits per heavy atom. The Hall–Kier alpha value is -3.68. The van der Waals surface area contributed by atoms with Gasteiger partial charge in [-0.15, -0.1) is 5.10 Å². The Balaban J connectivity index is 1.24. The lowest BCUT2D eigenvalue weighted by atomic mass is 9.96. The number of piperidine rings is 1. The summed E-state index contributed by atoms with van der Waals surface area (Å²) in [5.74, 6) is 0.987. The largest absolute Gasteiger partial charge is 0.339 e. The molecule has 5 rings (SSSR count). The topological polar surface area (TPSA) is 77.4 Å². The van der Waals surface area contributed by atoms with Crippen LogP contribution in [-0.2, 0) is 6.54 Å². The summed E-state index contributed by atoms with van der Waals surface area (Å²) in [6.45, 7) is 1.92. The highest BCUT2D eigenvalue weighted by Gasteiger charge is 2.25. The second-order valence-electron chi connectivity index (χ2n) is 7.66. The lowest BCUT2D eigenvalue weighted by Crippen LogP contribution is -2.40. The van der Waals surface area contributed by atoms with Crippen LogP contribution in [0.3, 0.4) is 0 Å². The van der Waals surface area contributed by atoms with Gasteiger partial charge in [0.25, 0.3) is 11.5 Å². The van der Waals surface area contributed by atoms with Gasteiger partial charge in [0.1, 0.15) is 0 Å². The van der Waals surface area contributed by atoms with Crippen molar-refractivity contribution in [1.82, 2.24) is 28.9 Å². The van der Waals surface area contributed by atoms with Gasteiger partial charge in [0.2, 0.25) is 0 Å². The van der Waals surface area contributed by atoms with Gasteiger partial charge < -0.3 is 9.30 Å². The van der Waals surface area contributed by atoms with E-state index in [4.69, 9.17) is 0 Å². The average Bonchev–Trinajstić information content (AvgIpc) is 3.45. The molecule has 1 fully saturated rings. The number of hydrogen-bond acceptors (Lipinski definition) is 4. The molecule has 0 unspecified atom stereocenters. The van der Waals surface area contributed by atoms with Gasteiger partial charge in [-0.1, -0.05) is 6.07 Å². The molecule has 4 aromatic heterocycles. The molecule has 1 amide bonds. The van der Waals surface area contributed by atoms with Crippen molar-refractivity contribution >= 4 is 11.4 Å². The Bertz CT molecular complexity index is 1200. The standard InChI is InChI=1S/C22H22N6O2/c29-21-6-5-20(27-11-3-9-23-27)24-28(21)15-17-7-12-25(13-8-17)22(30)18-14-19-4-1-2-10-26(19)16-18/h1-6,9-11,14,16-17H,7-8,12-13,15H2. The molecule has 1 aliphatic rings. The summed E-state index contributed by atoms with van der Waals surface area (Å²) in [6.07, 6.45) is 9.00. The summed E-state index contributed by atoms with van der Waals surface area (Å²) < 4.78 is 5.11. The van der Waals surface area contributed by atoms with Crippen LogP contribution >= 0.6 is 0 Å². The van der Waals surface area contributed by atoms with E-state index < -0.39 is 0 Å². The van der Waals surface area contributed by atoms with E-state index in [9.17, 15) is 9.59 Å². The minimum absolute atomic E-state index is 0.0631. The molecule has 0 saturated carbocycles. The molecule has 0 aromatic carbocycles. The fourth-order valence-corrected chi connectivity index (χ4v) is 4.01. The van der Waals surface area contributed by atoms with Crippen molar-refractivity contribution in [2.45, 2.75) is 19.4 Å². The van der Waals surface area contributed by atoms with Gasteiger partial charge in [-0.05, 0) is 49.1 Å². The van der Waals surface area contributed by atoms with E-state index in [2.05, 4.69) is 10.2 Å². The van der Waals surface area contributed by atoms with Gasteiger partial charge in [0.15, 0.2) is 5.82 Å². The summed E-state index contributed by atoms with van der Waals surface area (Å²) in [5.41, 5.74) is 1.60. The number of amides is 1. The quantitative estimate of drug-likeness (QED) is 0.525. The SMILES string of the molecule is O=C(c1cc2ccccn2c1)N1CCC(Cn2nc(-n3cccn3)ccc2=O)CC1. The summed E-state index contributed by atoms with van der Waals surface area (Å²) in [4.78, 5) is 27.1. The van der Waals surface area contributed by atoms with E-state index in [1.807, 2.05) is 52.0 Å². The zero-order chi connectivity index (χ0) is 20.5. The Morgan fingerprint density at radius 3 is 2.70 bits per heavy atom. The molecule has 0 radical (unpaired) electrons. The number of aromatic nitrogens is 5. The van der Waals surface area contributed by atoms with E-state index in [1.54, 1.807) is 23.1 Å². The highest BCUT2D eigenvalue weighted by Crippen LogP contribution is 2.21. The second kappa shape index (κ2) is 7.62. The van der Waals surface area contributed by atoms with E-state index in [0.717, 1.165) is 18.4 Å². The number of rotatable bonds is 4. The molecular formula is C22H22N6O2. The monoisotopic (exact) mass is 402 g/mol. The minimum atomic E-state index is -0.120. The van der Waals surface area contributed by atoms with Gasteiger partial charge in [0, 0.05) is 56.0 Å². The Labute approximate surface area is 173 Å². The lowest BCUT2D eigenvalue weighted by Gasteiger charge is -2.31. The van der Waals surface area contributed by atoms with Crippen LogP contribution in [0.5, 0.6) is 0 Å². The number of fused-ring (bicyclic) bond motifs is 1. The van der Waals surface area contributed by atoms with Gasteiger partial charge in [-0.3, -0.25) is 9.59 Å². The van der Waals surface area contributed by atoms with E-state index >= 15 is 0 Å². The zero-order valence-corrected chi connectivity index (χ0v) is 16.5. The van der Waals surface area contributed by atoms with Crippen LogP contribution in [0.15, 0.2) is 72.0 Å². The van der Waals surface area contributed by atoms with Gasteiger partial charge in [-0.25, -0.2) is 9.36 Å². The molecule has 0 spiro atoms. The minimum Gasteiger partial charge on any atom is -0.339 e. The number of hydrogen-bond donors (Lipinski definition) is 0. The number of likely N-dealkylation sites (tertiary alicyclic amines) is 1. The number of pyridine rings is 1. The third kappa shape index (κ3) is 3.52. The van der Waals surface area contributed by atoms with Crippen molar-refractivity contribution < 1.29 is 4.79 Å². The molecule has 30 heavy (non-hydrogen) atoms. The smallest absolute Gasteiger partial charge is 0.266 e. The second-order valence-corrected chi connectivity index (χ2v) is 7.66. The molecule has 1 saturated heterocycles. The molecule has 0 N–H and O–H groups in total. The number of carbonyl (C=O) groups excluding carboxylic acids is 1. The van der Waals surface area contributed by atoms with E-state index in [-0.39, 0.29) is 11.5 Å². The van der Waals surface area contributed by atoms with Crippen LogP contribution < -0.4 is 5.56 Å². The first kappa shape index (κ1) is 18.4. The molecule has 4 aromatic rings. The first-order chi connectivity index (χ1) is 14.7. The molecule has 8 nitrogen and oxygen atoms in total. The molecule has 0 aliphatic carbocycles. The fraction of sp³-hybridized carbons (Fsp3) is 0.273. The van der Waals surface area contributed by atoms with Crippen LogP contribution in [-0.4, -0.2) is 47.9 Å². The maximum absolute atomic E-state index is 12.9. The van der Waals surface area contributed by atoms with Crippen LogP contribution in [0.4, 0.5) is 0 Å². The summed E-state index contributed by atoms with van der Waals surface area (Å²) >= 11 is 0. The molecule has 8 heteroatoms. The van der Waals surface area contributed by atoms with Gasteiger partial charge in [0.05, 0.1) is 5.56 Å². The van der Waals surface area contributed by atoms with E-state index in [0.29, 0.717) is 36.9 Å². The van der Waals surface area contributed by atoms with Crippen LogP contribution in [0.1, 0.15) is 23.2 Å². The Kier molecular flexibility index (Phi) is 4.66. The molecule has 1 aliphatic heterocycles. The van der Waals surface area contributed by atoms with Crippen molar-refractivity contribution in [3.05, 3.63) is 83.2 Å². The molecule has 0 bridgehead atoms. The van der Waals surface area contributed by atoms with E-state index in [1.165, 1.54) is 10.7 Å². The lowest BCUT2D eigenvalue weighted by molar-refractivity contribution is 0.0680. The average molecular weight is 402 g/mol.